The summed E-state index contributed by atoms with van der Waals surface area (Å²) in [6.45, 7) is 3.23. The molecule has 0 aliphatic rings. The van der Waals surface area contributed by atoms with Crippen molar-refractivity contribution in [3.63, 3.8) is 0 Å². The van der Waals surface area contributed by atoms with E-state index in [0.717, 1.165) is 11.3 Å². The zero-order valence-electron chi connectivity index (χ0n) is 8.57. The lowest BCUT2D eigenvalue weighted by molar-refractivity contribution is -0.135. The fourth-order valence-electron chi connectivity index (χ4n) is 1.20. The second-order valence-electron chi connectivity index (χ2n) is 3.25. The molecule has 15 heavy (non-hydrogen) atoms. The summed E-state index contributed by atoms with van der Waals surface area (Å²) in [5, 5.41) is 10.6. The van der Waals surface area contributed by atoms with Gasteiger partial charge in [-0.2, -0.15) is 0 Å². The number of aliphatic carboxylic acids is 1. The zero-order valence-corrected chi connectivity index (χ0v) is 8.57. The van der Waals surface area contributed by atoms with Crippen molar-refractivity contribution in [1.82, 2.24) is 10.3 Å². The first-order valence-corrected chi connectivity index (χ1v) is 4.44. The van der Waals surface area contributed by atoms with E-state index in [1.54, 1.807) is 13.0 Å². The summed E-state index contributed by atoms with van der Waals surface area (Å²) >= 11 is 0. The lowest BCUT2D eigenvalue weighted by atomic mass is 10.2. The number of carbonyl (C=O) groups excluding carboxylic acids is 1. The second kappa shape index (κ2) is 4.54. The summed E-state index contributed by atoms with van der Waals surface area (Å²) in [6.07, 6.45) is 0. The Balaban J connectivity index is 2.77. The summed E-state index contributed by atoms with van der Waals surface area (Å²) in [5.74, 6) is -1.54. The summed E-state index contributed by atoms with van der Waals surface area (Å²) < 4.78 is 0. The highest BCUT2D eigenvalue weighted by Gasteiger charge is 2.09. The van der Waals surface area contributed by atoms with Gasteiger partial charge in [-0.05, 0) is 31.5 Å². The Bertz CT molecular complexity index is 381. The van der Waals surface area contributed by atoms with Crippen molar-refractivity contribution in [3.8, 4) is 0 Å². The molecule has 0 fully saturated rings. The molecule has 1 aromatic heterocycles. The summed E-state index contributed by atoms with van der Waals surface area (Å²) in [4.78, 5) is 25.7. The van der Waals surface area contributed by atoms with Crippen molar-refractivity contribution < 1.29 is 14.7 Å². The van der Waals surface area contributed by atoms with Gasteiger partial charge in [0.05, 0.1) is 0 Å². The van der Waals surface area contributed by atoms with Gasteiger partial charge in [-0.1, -0.05) is 0 Å². The van der Waals surface area contributed by atoms with Crippen LogP contribution in [0.15, 0.2) is 12.1 Å². The zero-order chi connectivity index (χ0) is 11.4. The van der Waals surface area contributed by atoms with Crippen LogP contribution in [0.3, 0.4) is 0 Å². The van der Waals surface area contributed by atoms with Crippen LogP contribution in [0.1, 0.15) is 21.7 Å². The second-order valence-corrected chi connectivity index (χ2v) is 3.25. The number of hydrogen-bond donors (Lipinski definition) is 2. The molecule has 5 heteroatoms. The fraction of sp³-hybridized carbons (Fsp3) is 0.300. The van der Waals surface area contributed by atoms with Crippen LogP contribution < -0.4 is 5.32 Å². The van der Waals surface area contributed by atoms with Gasteiger partial charge in [-0.25, -0.2) is 4.98 Å². The number of nitrogens with zero attached hydrogens (tertiary/aromatic N) is 1. The lowest BCUT2D eigenvalue weighted by Crippen LogP contribution is -2.30. The van der Waals surface area contributed by atoms with Gasteiger partial charge in [0.15, 0.2) is 0 Å². The molecule has 0 aliphatic heterocycles. The van der Waals surface area contributed by atoms with Gasteiger partial charge in [-0.3, -0.25) is 9.59 Å². The largest absolute Gasteiger partial charge is 0.480 e. The minimum atomic E-state index is -1.08. The molecule has 0 atom stereocenters. The number of carboxylic acids is 1. The van der Waals surface area contributed by atoms with Crippen LogP contribution in [-0.2, 0) is 4.79 Å². The Morgan fingerprint density at radius 1 is 1.40 bits per heavy atom. The number of aromatic nitrogens is 1. The van der Waals surface area contributed by atoms with Gasteiger partial charge in [-0.15, -0.1) is 0 Å². The van der Waals surface area contributed by atoms with Crippen molar-refractivity contribution >= 4 is 11.9 Å². The molecular weight excluding hydrogens is 196 g/mol. The number of amides is 1. The van der Waals surface area contributed by atoms with Crippen LogP contribution >= 0.6 is 0 Å². The third-order valence-corrected chi connectivity index (χ3v) is 1.73. The topological polar surface area (TPSA) is 79.3 Å². The van der Waals surface area contributed by atoms with Gasteiger partial charge < -0.3 is 10.4 Å². The molecule has 0 aromatic carbocycles. The average molecular weight is 208 g/mol. The van der Waals surface area contributed by atoms with Crippen LogP contribution in [0.25, 0.3) is 0 Å². The number of hydrogen-bond acceptors (Lipinski definition) is 3. The number of carbonyl (C=O) groups is 2. The first kappa shape index (κ1) is 11.2. The summed E-state index contributed by atoms with van der Waals surface area (Å²) in [6, 6.07) is 3.46. The highest BCUT2D eigenvalue weighted by molar-refractivity contribution is 5.94. The minimum absolute atomic E-state index is 0.244. The number of carboxylic acid groups (broad SMARTS) is 1. The highest BCUT2D eigenvalue weighted by Crippen LogP contribution is 2.03. The van der Waals surface area contributed by atoms with E-state index in [1.807, 2.05) is 13.0 Å². The van der Waals surface area contributed by atoms with E-state index >= 15 is 0 Å². The molecule has 0 aliphatic carbocycles. The van der Waals surface area contributed by atoms with E-state index < -0.39 is 18.4 Å². The van der Waals surface area contributed by atoms with Crippen molar-refractivity contribution in [2.24, 2.45) is 0 Å². The third-order valence-electron chi connectivity index (χ3n) is 1.73. The van der Waals surface area contributed by atoms with Crippen LogP contribution in [0.5, 0.6) is 0 Å². The van der Waals surface area contributed by atoms with E-state index in [2.05, 4.69) is 10.3 Å². The summed E-state index contributed by atoms with van der Waals surface area (Å²) in [5.41, 5.74) is 1.90. The Labute approximate surface area is 87.1 Å². The van der Waals surface area contributed by atoms with Crippen molar-refractivity contribution in [1.29, 1.82) is 0 Å². The SMILES string of the molecule is Cc1cc(C)nc(C(=O)NCC(=O)O)c1. The lowest BCUT2D eigenvalue weighted by Gasteiger charge is -2.03. The van der Waals surface area contributed by atoms with E-state index in [4.69, 9.17) is 5.11 Å². The first-order valence-electron chi connectivity index (χ1n) is 4.44. The molecule has 1 heterocycles. The molecule has 0 saturated carbocycles. The molecule has 0 spiro atoms. The standard InChI is InChI=1S/C10H12N2O3/c1-6-3-7(2)12-8(4-6)10(15)11-5-9(13)14/h3-4H,5H2,1-2H3,(H,11,15)(H,13,14). The van der Waals surface area contributed by atoms with E-state index in [-0.39, 0.29) is 5.69 Å². The maximum atomic E-state index is 11.4. The van der Waals surface area contributed by atoms with Crippen LogP contribution in [0.4, 0.5) is 0 Å². The molecule has 1 amide bonds. The molecule has 5 nitrogen and oxygen atoms in total. The Morgan fingerprint density at radius 3 is 2.60 bits per heavy atom. The first-order chi connectivity index (χ1) is 6.99. The molecule has 1 rings (SSSR count). The minimum Gasteiger partial charge on any atom is -0.480 e. The van der Waals surface area contributed by atoms with Crippen molar-refractivity contribution in [2.45, 2.75) is 13.8 Å². The molecular formula is C10H12N2O3. The van der Waals surface area contributed by atoms with Gasteiger partial charge in [0.2, 0.25) is 0 Å². The predicted octanol–water partition coefficient (Wildman–Crippen LogP) is 0.513. The predicted molar refractivity (Wildman–Crippen MR) is 53.7 cm³/mol. The van der Waals surface area contributed by atoms with Crippen LogP contribution in [0, 0.1) is 13.8 Å². The maximum absolute atomic E-state index is 11.4. The third kappa shape index (κ3) is 3.38. The van der Waals surface area contributed by atoms with Crippen LogP contribution in [0.2, 0.25) is 0 Å². The molecule has 1 aromatic rings. The molecule has 0 unspecified atom stereocenters. The number of pyridine rings is 1. The quantitative estimate of drug-likeness (QED) is 0.758. The van der Waals surface area contributed by atoms with Gasteiger partial charge in [0.25, 0.3) is 5.91 Å². The van der Waals surface area contributed by atoms with Gasteiger partial charge in [0.1, 0.15) is 12.2 Å². The van der Waals surface area contributed by atoms with Crippen molar-refractivity contribution in [2.75, 3.05) is 6.54 Å². The number of rotatable bonds is 3. The molecule has 2 N–H and O–H groups in total. The normalized spacial score (nSPS) is 9.73. The smallest absolute Gasteiger partial charge is 0.322 e. The van der Waals surface area contributed by atoms with Crippen molar-refractivity contribution in [3.05, 3.63) is 29.1 Å². The Morgan fingerprint density at radius 2 is 2.07 bits per heavy atom. The molecule has 0 saturated heterocycles. The highest BCUT2D eigenvalue weighted by atomic mass is 16.4. The summed E-state index contributed by atoms with van der Waals surface area (Å²) in [7, 11) is 0. The fourth-order valence-corrected chi connectivity index (χ4v) is 1.20. The van der Waals surface area contributed by atoms with E-state index in [0.29, 0.717) is 0 Å². The van der Waals surface area contributed by atoms with Gasteiger partial charge >= 0.3 is 5.97 Å². The maximum Gasteiger partial charge on any atom is 0.322 e. The average Bonchev–Trinajstić information content (AvgIpc) is 2.12. The van der Waals surface area contributed by atoms with Crippen LogP contribution in [-0.4, -0.2) is 28.5 Å². The number of nitrogens with one attached hydrogen (secondary N) is 1. The molecule has 0 radical (unpaired) electrons. The number of aryl methyl sites for hydroxylation is 2. The molecule has 80 valence electrons. The van der Waals surface area contributed by atoms with Gasteiger partial charge in [0, 0.05) is 5.69 Å². The Hall–Kier alpha value is -1.91. The van der Waals surface area contributed by atoms with E-state index in [1.165, 1.54) is 0 Å². The van der Waals surface area contributed by atoms with E-state index in [9.17, 15) is 9.59 Å². The Kier molecular flexibility index (Phi) is 3.38. The molecule has 0 bridgehead atoms. The monoisotopic (exact) mass is 208 g/mol.